The van der Waals surface area contributed by atoms with E-state index in [1.807, 2.05) is 0 Å². The molecule has 0 N–H and O–H groups in total. The predicted molar refractivity (Wildman–Crippen MR) is 174 cm³/mol. The van der Waals surface area contributed by atoms with Crippen molar-refractivity contribution in [1.29, 1.82) is 0 Å². The van der Waals surface area contributed by atoms with Crippen molar-refractivity contribution in [3.63, 3.8) is 0 Å². The van der Waals surface area contributed by atoms with Crippen LogP contribution in [0.1, 0.15) is 142 Å². The third-order valence-electron chi connectivity index (χ3n) is 7.81. The second kappa shape index (κ2) is 30.0. The van der Waals surface area contributed by atoms with Gasteiger partial charge >= 0.3 is 0 Å². The predicted octanol–water partition coefficient (Wildman–Crippen LogP) is 3.27. The zero-order valence-electron chi connectivity index (χ0n) is 29.4. The lowest BCUT2D eigenvalue weighted by Gasteiger charge is -2.42. The van der Waals surface area contributed by atoms with Crippen LogP contribution in [0.15, 0.2) is 0 Å². The molecule has 0 amide bonds. The van der Waals surface area contributed by atoms with Crippen molar-refractivity contribution in [2.45, 2.75) is 142 Å². The van der Waals surface area contributed by atoms with Crippen molar-refractivity contribution in [3.05, 3.63) is 0 Å². The Morgan fingerprint density at radius 3 is 1.12 bits per heavy atom. The van der Waals surface area contributed by atoms with Crippen LogP contribution in [0.5, 0.6) is 0 Å². The fourth-order valence-electron chi connectivity index (χ4n) is 6.33. The Morgan fingerprint density at radius 1 is 0.415 bits per heavy atom. The number of halogens is 2. The molecule has 0 aliphatic heterocycles. The number of nitrogens with zero attached hydrogens (tertiary/aromatic N) is 2. The fourth-order valence-corrected chi connectivity index (χ4v) is 6.33. The van der Waals surface area contributed by atoms with E-state index in [0.29, 0.717) is 0 Å². The molecule has 0 aromatic heterocycles. The van der Waals surface area contributed by atoms with Crippen LogP contribution in [0.3, 0.4) is 0 Å². The van der Waals surface area contributed by atoms with E-state index >= 15 is 0 Å². The molecule has 4 nitrogen and oxygen atoms in total. The zero-order chi connectivity index (χ0) is 29.3. The highest BCUT2D eigenvalue weighted by Crippen LogP contribution is 2.31. The largest absolute Gasteiger partial charge is 1.00 e. The molecular formula is C35H76I2N2O2. The second-order valence-electron chi connectivity index (χ2n) is 14.8. The lowest BCUT2D eigenvalue weighted by atomic mass is 9.81. The number of quaternary nitrogens is 2. The first-order valence-corrected chi connectivity index (χ1v) is 17.3. The van der Waals surface area contributed by atoms with Crippen LogP contribution in [0, 0.1) is 5.41 Å². The van der Waals surface area contributed by atoms with Crippen LogP contribution < -0.4 is 48.0 Å². The molecular weight excluding hydrogens is 734 g/mol. The second-order valence-corrected chi connectivity index (χ2v) is 14.8. The molecule has 0 atom stereocenters. The molecule has 0 aliphatic rings. The molecule has 0 radical (unpaired) electrons. The average Bonchev–Trinajstić information content (AvgIpc) is 2.83. The minimum Gasteiger partial charge on any atom is -1.00 e. The van der Waals surface area contributed by atoms with E-state index in [9.17, 15) is 0 Å². The summed E-state index contributed by atoms with van der Waals surface area (Å²) in [6.07, 6.45) is 26.8. The number of rotatable bonds is 30. The Bertz CT molecular complexity index is 475. The zero-order valence-corrected chi connectivity index (χ0v) is 33.7. The van der Waals surface area contributed by atoms with E-state index in [2.05, 4.69) is 56.1 Å². The van der Waals surface area contributed by atoms with Crippen molar-refractivity contribution in [2.75, 3.05) is 81.8 Å². The quantitative estimate of drug-likeness (QED) is 0.0631. The number of ether oxygens (including phenoxy) is 2. The molecule has 6 heteroatoms. The summed E-state index contributed by atoms with van der Waals surface area (Å²) in [6.45, 7) is 10.7. The standard InChI is InChI=1S/C35H76N2O2.2HI/c1-9-11-13-15-16-17-18-19-22-27-31-39-34-35(32-36(3,4)5,33-37(6,7)8)28-24-21-20-23-26-30-38-29-25-14-12-10-2;;/h9-34H2,1-8H3;2*1H/q+2;;/p-2. The molecule has 0 aromatic carbocycles. The molecule has 0 saturated carbocycles. The van der Waals surface area contributed by atoms with Crippen LogP contribution >= 0.6 is 0 Å². The molecule has 0 aromatic rings. The summed E-state index contributed by atoms with van der Waals surface area (Å²) in [5, 5.41) is 0. The van der Waals surface area contributed by atoms with Crippen LogP contribution in [0.4, 0.5) is 0 Å². The third-order valence-corrected chi connectivity index (χ3v) is 7.81. The van der Waals surface area contributed by atoms with E-state index in [0.717, 1.165) is 35.4 Å². The molecule has 0 fully saturated rings. The van der Waals surface area contributed by atoms with Gasteiger partial charge in [-0.25, -0.2) is 0 Å². The van der Waals surface area contributed by atoms with Crippen molar-refractivity contribution < 1.29 is 66.4 Å². The van der Waals surface area contributed by atoms with Crippen molar-refractivity contribution >= 4 is 0 Å². The first kappa shape index (κ1) is 46.7. The SMILES string of the molecule is CCCCCCCCCCCCOCC(CCCCCCCOCCCCCC)(C[N+](C)(C)C)C[N+](C)(C)C.[I-].[I-]. The Morgan fingerprint density at radius 2 is 0.732 bits per heavy atom. The molecule has 252 valence electrons. The molecule has 0 aliphatic carbocycles. The summed E-state index contributed by atoms with van der Waals surface area (Å²) in [6, 6.07) is 0. The number of unbranched alkanes of at least 4 members (excludes halogenated alkanes) is 16. The van der Waals surface area contributed by atoms with Crippen LogP contribution in [0.25, 0.3) is 0 Å². The van der Waals surface area contributed by atoms with E-state index in [-0.39, 0.29) is 53.4 Å². The maximum atomic E-state index is 6.48. The highest BCUT2D eigenvalue weighted by atomic mass is 127. The first-order valence-electron chi connectivity index (χ1n) is 17.3. The van der Waals surface area contributed by atoms with Crippen LogP contribution in [-0.4, -0.2) is 90.8 Å². The van der Waals surface area contributed by atoms with Crippen molar-refractivity contribution in [3.8, 4) is 0 Å². The molecule has 0 spiro atoms. The summed E-state index contributed by atoms with van der Waals surface area (Å²) in [5.74, 6) is 0. The minimum absolute atomic E-state index is 0. The lowest BCUT2D eigenvalue weighted by molar-refractivity contribution is -0.903. The Labute approximate surface area is 294 Å². The van der Waals surface area contributed by atoms with Gasteiger partial charge in [0.25, 0.3) is 0 Å². The number of hydrogen-bond acceptors (Lipinski definition) is 2. The molecule has 0 saturated heterocycles. The molecule has 0 rings (SSSR count). The third kappa shape index (κ3) is 34.0. The topological polar surface area (TPSA) is 18.5 Å². The van der Waals surface area contributed by atoms with Gasteiger partial charge in [-0.1, -0.05) is 117 Å². The minimum atomic E-state index is 0. The van der Waals surface area contributed by atoms with E-state index in [1.165, 1.54) is 142 Å². The summed E-state index contributed by atoms with van der Waals surface area (Å²) in [4.78, 5) is 0. The molecule has 0 unspecified atom stereocenters. The summed E-state index contributed by atoms with van der Waals surface area (Å²) < 4.78 is 14.3. The van der Waals surface area contributed by atoms with E-state index in [4.69, 9.17) is 9.47 Å². The van der Waals surface area contributed by atoms with E-state index < -0.39 is 0 Å². The fraction of sp³-hybridized carbons (Fsp3) is 1.00. The lowest BCUT2D eigenvalue weighted by Crippen LogP contribution is -3.00. The average molecular weight is 811 g/mol. The van der Waals surface area contributed by atoms with Gasteiger partial charge in [0.15, 0.2) is 0 Å². The van der Waals surface area contributed by atoms with Gasteiger partial charge in [-0.2, -0.15) is 0 Å². The highest BCUT2D eigenvalue weighted by Gasteiger charge is 2.40. The maximum Gasteiger partial charge on any atom is 0.0915 e. The molecule has 0 bridgehead atoms. The van der Waals surface area contributed by atoms with Gasteiger partial charge in [0.2, 0.25) is 0 Å². The van der Waals surface area contributed by atoms with Crippen molar-refractivity contribution in [2.24, 2.45) is 5.41 Å². The van der Waals surface area contributed by atoms with Gasteiger partial charge in [-0.15, -0.1) is 0 Å². The van der Waals surface area contributed by atoms with Crippen LogP contribution in [-0.2, 0) is 9.47 Å². The van der Waals surface area contributed by atoms with Crippen LogP contribution in [0.2, 0.25) is 0 Å². The maximum absolute atomic E-state index is 6.48. The molecule has 41 heavy (non-hydrogen) atoms. The Balaban J connectivity index is -0.00000722. The molecule has 0 heterocycles. The van der Waals surface area contributed by atoms with E-state index in [1.54, 1.807) is 0 Å². The number of hydrogen-bond donors (Lipinski definition) is 0. The van der Waals surface area contributed by atoms with Gasteiger partial charge < -0.3 is 66.4 Å². The summed E-state index contributed by atoms with van der Waals surface area (Å²) in [7, 11) is 14.1. The monoisotopic (exact) mass is 810 g/mol. The summed E-state index contributed by atoms with van der Waals surface area (Å²) >= 11 is 0. The Kier molecular flexibility index (Phi) is 34.2. The normalized spacial score (nSPS) is 12.3. The van der Waals surface area contributed by atoms with Crippen molar-refractivity contribution in [1.82, 2.24) is 0 Å². The van der Waals surface area contributed by atoms with Gasteiger partial charge in [-0.3, -0.25) is 0 Å². The Hall–Kier alpha value is 1.30. The first-order chi connectivity index (χ1) is 18.5. The van der Waals surface area contributed by atoms with Gasteiger partial charge in [0, 0.05) is 19.8 Å². The van der Waals surface area contributed by atoms with Gasteiger partial charge in [-0.05, 0) is 25.7 Å². The van der Waals surface area contributed by atoms with Gasteiger partial charge in [0.1, 0.15) is 0 Å². The summed E-state index contributed by atoms with van der Waals surface area (Å²) in [5.41, 5.74) is 0.247. The van der Waals surface area contributed by atoms with Gasteiger partial charge in [0.05, 0.1) is 67.4 Å². The highest BCUT2D eigenvalue weighted by molar-refractivity contribution is 4.79. The smallest absolute Gasteiger partial charge is 0.0915 e.